The van der Waals surface area contributed by atoms with E-state index in [0.717, 1.165) is 29.1 Å². The fourth-order valence-electron chi connectivity index (χ4n) is 3.64. The summed E-state index contributed by atoms with van der Waals surface area (Å²) in [5.41, 5.74) is 2.07. The van der Waals surface area contributed by atoms with Gasteiger partial charge in [-0.25, -0.2) is 4.98 Å². The Morgan fingerprint density at radius 1 is 1.18 bits per heavy atom. The third-order valence-corrected chi connectivity index (χ3v) is 7.19. The molecule has 0 atom stereocenters. The average molecular weight is 487 g/mol. The Balaban J connectivity index is 1.24. The quantitative estimate of drug-likeness (QED) is 0.483. The first-order valence-corrected chi connectivity index (χ1v) is 12.3. The van der Waals surface area contributed by atoms with Crippen molar-refractivity contribution in [2.24, 2.45) is 0 Å². The van der Waals surface area contributed by atoms with Crippen molar-refractivity contribution in [1.82, 2.24) is 15.2 Å². The number of benzene rings is 1. The number of thiazole rings is 1. The smallest absolute Gasteiger partial charge is 0.267 e. The second kappa shape index (κ2) is 10.8. The molecule has 10 heteroatoms. The molecule has 0 spiro atoms. The number of carbonyl (C=O) groups excluding carboxylic acids is 2. The lowest BCUT2D eigenvalue weighted by atomic mass is 10.1. The van der Waals surface area contributed by atoms with Crippen molar-refractivity contribution in [3.05, 3.63) is 56.7 Å². The van der Waals surface area contributed by atoms with Crippen molar-refractivity contribution in [2.45, 2.75) is 19.4 Å². The number of hydrogen-bond acceptors (Lipinski definition) is 8. The number of nitrogens with one attached hydrogen (secondary N) is 2. The first-order valence-electron chi connectivity index (χ1n) is 10.6. The highest BCUT2D eigenvalue weighted by Crippen LogP contribution is 2.29. The number of nitrogens with zero attached hydrogens (tertiary/aromatic N) is 2. The van der Waals surface area contributed by atoms with E-state index < -0.39 is 0 Å². The molecular formula is C23H26N4O4S2. The minimum absolute atomic E-state index is 0.00494. The van der Waals surface area contributed by atoms with Gasteiger partial charge in [0.15, 0.2) is 16.6 Å². The van der Waals surface area contributed by atoms with E-state index in [1.807, 2.05) is 29.6 Å². The van der Waals surface area contributed by atoms with Crippen molar-refractivity contribution >= 4 is 39.6 Å². The minimum atomic E-state index is -0.137. The van der Waals surface area contributed by atoms with Gasteiger partial charge in [0, 0.05) is 30.9 Å². The molecule has 1 aliphatic rings. The summed E-state index contributed by atoms with van der Waals surface area (Å²) in [5.74, 6) is 1.23. The largest absolute Gasteiger partial charge is 0.493 e. The molecule has 4 rings (SSSR count). The predicted octanol–water partition coefficient (Wildman–Crippen LogP) is 3.19. The molecule has 0 saturated carbocycles. The maximum atomic E-state index is 12.5. The van der Waals surface area contributed by atoms with Crippen LogP contribution in [0.5, 0.6) is 11.5 Å². The molecule has 0 bridgehead atoms. The molecule has 33 heavy (non-hydrogen) atoms. The monoisotopic (exact) mass is 486 g/mol. The summed E-state index contributed by atoms with van der Waals surface area (Å²) in [7, 11) is 3.22. The first-order chi connectivity index (χ1) is 16.1. The van der Waals surface area contributed by atoms with Crippen LogP contribution in [0.2, 0.25) is 0 Å². The summed E-state index contributed by atoms with van der Waals surface area (Å²) in [6.07, 6.45) is 1.47. The van der Waals surface area contributed by atoms with Crippen LogP contribution in [0.15, 0.2) is 35.7 Å². The third-order valence-electron chi connectivity index (χ3n) is 5.33. The van der Waals surface area contributed by atoms with Gasteiger partial charge in [0.25, 0.3) is 5.91 Å². The predicted molar refractivity (Wildman–Crippen MR) is 130 cm³/mol. The molecule has 2 aromatic heterocycles. The van der Waals surface area contributed by atoms with Gasteiger partial charge in [0.1, 0.15) is 0 Å². The topological polar surface area (TPSA) is 92.8 Å². The molecule has 1 aromatic carbocycles. The maximum Gasteiger partial charge on any atom is 0.267 e. The van der Waals surface area contributed by atoms with Gasteiger partial charge in [0.05, 0.1) is 31.3 Å². The van der Waals surface area contributed by atoms with Gasteiger partial charge >= 0.3 is 0 Å². The number of ether oxygens (including phenoxy) is 2. The number of hydrogen-bond donors (Lipinski definition) is 2. The van der Waals surface area contributed by atoms with Crippen molar-refractivity contribution in [1.29, 1.82) is 0 Å². The Kier molecular flexibility index (Phi) is 7.58. The molecule has 2 N–H and O–H groups in total. The van der Waals surface area contributed by atoms with Gasteiger partial charge in [-0.1, -0.05) is 12.1 Å². The molecule has 3 aromatic rings. The Bertz CT molecular complexity index is 1110. The van der Waals surface area contributed by atoms with E-state index in [1.165, 1.54) is 22.7 Å². The molecule has 0 radical (unpaired) electrons. The second-order valence-electron chi connectivity index (χ2n) is 7.57. The van der Waals surface area contributed by atoms with Crippen LogP contribution in [-0.4, -0.2) is 55.6 Å². The number of anilines is 1. The zero-order valence-electron chi connectivity index (χ0n) is 18.6. The molecule has 3 heterocycles. The van der Waals surface area contributed by atoms with Crippen molar-refractivity contribution in [3.63, 3.8) is 0 Å². The van der Waals surface area contributed by atoms with Crippen LogP contribution >= 0.6 is 22.7 Å². The lowest BCUT2D eigenvalue weighted by Gasteiger charge is -2.25. The Morgan fingerprint density at radius 2 is 2.03 bits per heavy atom. The number of fused-ring (bicyclic) bond motifs is 1. The SMILES string of the molecule is COc1ccc(CCNC(=O)CN2CCc3nc(NC(=O)c4cccs4)sc3C2)cc1OC. The van der Waals surface area contributed by atoms with E-state index in [9.17, 15) is 9.59 Å². The van der Waals surface area contributed by atoms with Crippen LogP contribution in [0.4, 0.5) is 5.13 Å². The molecular weight excluding hydrogens is 460 g/mol. The zero-order chi connectivity index (χ0) is 23.2. The first kappa shape index (κ1) is 23.2. The highest BCUT2D eigenvalue weighted by Gasteiger charge is 2.23. The molecule has 0 unspecified atom stereocenters. The Hall–Kier alpha value is -2.95. The Morgan fingerprint density at radius 3 is 2.79 bits per heavy atom. The fourth-order valence-corrected chi connectivity index (χ4v) is 5.31. The van der Waals surface area contributed by atoms with Gasteiger partial charge in [-0.2, -0.15) is 0 Å². The van der Waals surface area contributed by atoms with Crippen molar-refractivity contribution in [3.8, 4) is 11.5 Å². The van der Waals surface area contributed by atoms with Crippen LogP contribution in [0, 0.1) is 0 Å². The number of carbonyl (C=O) groups is 2. The molecule has 0 saturated heterocycles. The number of thiophene rings is 1. The molecule has 1 aliphatic heterocycles. The molecule has 174 valence electrons. The van der Waals surface area contributed by atoms with E-state index in [2.05, 4.69) is 20.5 Å². The van der Waals surface area contributed by atoms with E-state index >= 15 is 0 Å². The van der Waals surface area contributed by atoms with E-state index in [-0.39, 0.29) is 11.8 Å². The summed E-state index contributed by atoms with van der Waals surface area (Å²) in [5, 5.41) is 8.36. The summed E-state index contributed by atoms with van der Waals surface area (Å²) in [4.78, 5) is 33.1. The zero-order valence-corrected chi connectivity index (χ0v) is 20.2. The van der Waals surface area contributed by atoms with E-state index in [0.29, 0.717) is 47.6 Å². The van der Waals surface area contributed by atoms with Gasteiger partial charge in [-0.05, 0) is 35.6 Å². The summed E-state index contributed by atoms with van der Waals surface area (Å²) < 4.78 is 10.6. The van der Waals surface area contributed by atoms with E-state index in [4.69, 9.17) is 9.47 Å². The second-order valence-corrected chi connectivity index (χ2v) is 9.60. The summed E-state index contributed by atoms with van der Waals surface area (Å²) in [6.45, 7) is 2.30. The third kappa shape index (κ3) is 5.89. The standard InChI is InChI=1S/C23H26N4O4S2/c1-30-17-6-5-15(12-18(17)31-2)7-9-24-21(28)14-27-10-8-16-20(13-27)33-23(25-16)26-22(29)19-4-3-11-32-19/h3-6,11-12H,7-10,13-14H2,1-2H3,(H,24,28)(H,25,26,29). The summed E-state index contributed by atoms with van der Waals surface area (Å²) in [6, 6.07) is 9.41. The van der Waals surface area contributed by atoms with Crippen molar-refractivity contribution < 1.29 is 19.1 Å². The van der Waals surface area contributed by atoms with Crippen LogP contribution < -0.4 is 20.1 Å². The minimum Gasteiger partial charge on any atom is -0.493 e. The fraction of sp³-hybridized carbons (Fsp3) is 0.348. The number of amides is 2. The molecule has 2 amide bonds. The van der Waals surface area contributed by atoms with Crippen LogP contribution in [0.25, 0.3) is 0 Å². The Labute approximate surface area is 200 Å². The van der Waals surface area contributed by atoms with Gasteiger partial charge in [-0.3, -0.25) is 19.8 Å². The van der Waals surface area contributed by atoms with Gasteiger partial charge < -0.3 is 14.8 Å². The van der Waals surface area contributed by atoms with E-state index in [1.54, 1.807) is 20.3 Å². The maximum absolute atomic E-state index is 12.5. The highest BCUT2D eigenvalue weighted by atomic mass is 32.1. The molecule has 0 fully saturated rings. The molecule has 8 nitrogen and oxygen atoms in total. The number of methoxy groups -OCH3 is 2. The van der Waals surface area contributed by atoms with Crippen LogP contribution in [0.1, 0.15) is 25.8 Å². The van der Waals surface area contributed by atoms with Gasteiger partial charge in [0.2, 0.25) is 5.91 Å². The van der Waals surface area contributed by atoms with Crippen LogP contribution in [-0.2, 0) is 24.2 Å². The molecule has 0 aliphatic carbocycles. The lowest BCUT2D eigenvalue weighted by molar-refractivity contribution is -0.122. The number of rotatable bonds is 9. The van der Waals surface area contributed by atoms with Gasteiger partial charge in [-0.15, -0.1) is 22.7 Å². The van der Waals surface area contributed by atoms with Crippen LogP contribution in [0.3, 0.4) is 0 Å². The highest BCUT2D eigenvalue weighted by molar-refractivity contribution is 7.16. The summed E-state index contributed by atoms with van der Waals surface area (Å²) >= 11 is 2.88. The number of aromatic nitrogens is 1. The normalized spacial score (nSPS) is 13.3. The van der Waals surface area contributed by atoms with Crippen molar-refractivity contribution in [2.75, 3.05) is 39.2 Å². The average Bonchev–Trinajstić information content (AvgIpc) is 3.48. The lowest BCUT2D eigenvalue weighted by Crippen LogP contribution is -2.40.